The lowest BCUT2D eigenvalue weighted by Gasteiger charge is -2.21. The van der Waals surface area contributed by atoms with Crippen LogP contribution in [0.1, 0.15) is 25.8 Å². The highest BCUT2D eigenvalue weighted by Crippen LogP contribution is 2.09. The highest BCUT2D eigenvalue weighted by Gasteiger charge is 2.06. The molecule has 1 atom stereocenters. The molecular weight excluding hydrogens is 236 g/mol. The third-order valence-electron chi connectivity index (χ3n) is 2.95. The van der Waals surface area contributed by atoms with Crippen LogP contribution in [0.3, 0.4) is 0 Å². The van der Waals surface area contributed by atoms with Crippen molar-refractivity contribution in [2.24, 2.45) is 0 Å². The summed E-state index contributed by atoms with van der Waals surface area (Å²) in [7, 11) is 0. The highest BCUT2D eigenvalue weighted by atomic mass is 19.1. The molecule has 0 radical (unpaired) electrons. The Hall–Kier alpha value is -1.00. The fourth-order valence-electron chi connectivity index (χ4n) is 1.84. The first-order chi connectivity index (χ1) is 8.51. The van der Waals surface area contributed by atoms with Crippen LogP contribution in [-0.2, 0) is 6.42 Å². The normalized spacial score (nSPS) is 13.0. The summed E-state index contributed by atoms with van der Waals surface area (Å²) in [6, 6.07) is 3.62. The number of nitrogens with zero attached hydrogens (tertiary/aromatic N) is 1. The summed E-state index contributed by atoms with van der Waals surface area (Å²) in [6.07, 6.45) is 1.01. The van der Waals surface area contributed by atoms with Crippen LogP contribution in [0.2, 0.25) is 0 Å². The molecule has 0 saturated heterocycles. The molecule has 0 saturated carbocycles. The second-order valence-corrected chi connectivity index (χ2v) is 4.60. The Morgan fingerprint density at radius 1 is 1.17 bits per heavy atom. The molecule has 0 bridgehead atoms. The van der Waals surface area contributed by atoms with E-state index in [4.69, 9.17) is 0 Å². The zero-order chi connectivity index (χ0) is 13.5. The molecule has 0 fully saturated rings. The van der Waals surface area contributed by atoms with Crippen molar-refractivity contribution < 1.29 is 13.9 Å². The van der Waals surface area contributed by atoms with E-state index >= 15 is 0 Å². The number of hydrogen-bond acceptors (Lipinski definition) is 2. The SMILES string of the molecule is CCN(CCc1cc(F)cc(F)c1)CCC(C)O. The average Bonchev–Trinajstić information content (AvgIpc) is 2.27. The van der Waals surface area contributed by atoms with Gasteiger partial charge in [-0.3, -0.25) is 0 Å². The summed E-state index contributed by atoms with van der Waals surface area (Å²) in [5.74, 6) is -1.06. The Balaban J connectivity index is 2.46. The van der Waals surface area contributed by atoms with E-state index in [0.717, 1.165) is 25.7 Å². The fraction of sp³-hybridized carbons (Fsp3) is 0.571. The number of benzene rings is 1. The zero-order valence-electron chi connectivity index (χ0n) is 11.0. The van der Waals surface area contributed by atoms with Crippen molar-refractivity contribution in [3.63, 3.8) is 0 Å². The summed E-state index contributed by atoms with van der Waals surface area (Å²) < 4.78 is 26.0. The third kappa shape index (κ3) is 5.56. The van der Waals surface area contributed by atoms with E-state index < -0.39 is 11.6 Å². The Kier molecular flexibility index (Phi) is 6.22. The van der Waals surface area contributed by atoms with Crippen molar-refractivity contribution >= 4 is 0 Å². The zero-order valence-corrected chi connectivity index (χ0v) is 11.0. The first kappa shape index (κ1) is 15.1. The van der Waals surface area contributed by atoms with Crippen molar-refractivity contribution in [2.45, 2.75) is 32.8 Å². The highest BCUT2D eigenvalue weighted by molar-refractivity contribution is 5.18. The van der Waals surface area contributed by atoms with Crippen molar-refractivity contribution in [1.82, 2.24) is 4.90 Å². The average molecular weight is 257 g/mol. The van der Waals surface area contributed by atoms with Gasteiger partial charge in [0.05, 0.1) is 6.10 Å². The summed E-state index contributed by atoms with van der Waals surface area (Å²) in [5.41, 5.74) is 0.669. The molecule has 0 amide bonds. The van der Waals surface area contributed by atoms with Crippen LogP contribution >= 0.6 is 0 Å². The van der Waals surface area contributed by atoms with Crippen LogP contribution in [0.4, 0.5) is 8.78 Å². The molecule has 2 nitrogen and oxygen atoms in total. The predicted octanol–water partition coefficient (Wildman–Crippen LogP) is 2.60. The summed E-state index contributed by atoms with van der Waals surface area (Å²) in [6.45, 7) is 6.20. The van der Waals surface area contributed by atoms with Crippen LogP contribution in [0.25, 0.3) is 0 Å². The van der Waals surface area contributed by atoms with Gasteiger partial charge in [0.15, 0.2) is 0 Å². The molecule has 1 unspecified atom stereocenters. The lowest BCUT2D eigenvalue weighted by Crippen LogP contribution is -2.28. The maximum absolute atomic E-state index is 13.0. The molecule has 0 aromatic heterocycles. The van der Waals surface area contributed by atoms with E-state index in [-0.39, 0.29) is 6.10 Å². The number of rotatable bonds is 7. The van der Waals surface area contributed by atoms with Crippen LogP contribution < -0.4 is 0 Å². The topological polar surface area (TPSA) is 23.5 Å². The molecule has 0 aliphatic rings. The van der Waals surface area contributed by atoms with Crippen molar-refractivity contribution in [3.05, 3.63) is 35.4 Å². The van der Waals surface area contributed by atoms with Crippen molar-refractivity contribution in [3.8, 4) is 0 Å². The predicted molar refractivity (Wildman–Crippen MR) is 68.5 cm³/mol. The molecule has 1 rings (SSSR count). The van der Waals surface area contributed by atoms with E-state index in [1.165, 1.54) is 12.1 Å². The van der Waals surface area contributed by atoms with Gasteiger partial charge in [-0.1, -0.05) is 6.92 Å². The lowest BCUT2D eigenvalue weighted by molar-refractivity contribution is 0.158. The van der Waals surface area contributed by atoms with Gasteiger partial charge in [-0.05, 0) is 44.0 Å². The van der Waals surface area contributed by atoms with Gasteiger partial charge in [0.2, 0.25) is 0 Å². The number of hydrogen-bond donors (Lipinski definition) is 1. The molecule has 1 N–H and O–H groups in total. The van der Waals surface area contributed by atoms with Gasteiger partial charge in [0.1, 0.15) is 11.6 Å². The summed E-state index contributed by atoms with van der Waals surface area (Å²) >= 11 is 0. The van der Waals surface area contributed by atoms with Crippen LogP contribution in [0, 0.1) is 11.6 Å². The van der Waals surface area contributed by atoms with Gasteiger partial charge in [0.25, 0.3) is 0 Å². The molecule has 1 aromatic rings. The molecule has 0 aliphatic carbocycles. The van der Waals surface area contributed by atoms with Gasteiger partial charge >= 0.3 is 0 Å². The molecule has 0 heterocycles. The molecule has 0 aliphatic heterocycles. The molecule has 102 valence electrons. The van der Waals surface area contributed by atoms with Crippen LogP contribution in [0.15, 0.2) is 18.2 Å². The van der Waals surface area contributed by atoms with Gasteiger partial charge in [-0.15, -0.1) is 0 Å². The van der Waals surface area contributed by atoms with Crippen LogP contribution in [0.5, 0.6) is 0 Å². The lowest BCUT2D eigenvalue weighted by atomic mass is 10.1. The second kappa shape index (κ2) is 7.44. The first-order valence-corrected chi connectivity index (χ1v) is 6.36. The largest absolute Gasteiger partial charge is 0.393 e. The Morgan fingerprint density at radius 2 is 1.78 bits per heavy atom. The summed E-state index contributed by atoms with van der Waals surface area (Å²) in [5, 5.41) is 9.23. The minimum atomic E-state index is -0.531. The van der Waals surface area contributed by atoms with Crippen LogP contribution in [-0.4, -0.2) is 35.7 Å². The van der Waals surface area contributed by atoms with E-state index in [0.29, 0.717) is 18.4 Å². The van der Waals surface area contributed by atoms with Gasteiger partial charge < -0.3 is 10.0 Å². The van der Waals surface area contributed by atoms with Gasteiger partial charge in [-0.25, -0.2) is 8.78 Å². The Labute approximate surface area is 107 Å². The Morgan fingerprint density at radius 3 is 2.28 bits per heavy atom. The number of halogens is 2. The number of aliphatic hydroxyl groups excluding tert-OH is 1. The van der Waals surface area contributed by atoms with E-state index in [1.807, 2.05) is 6.92 Å². The molecular formula is C14H21F2NO. The van der Waals surface area contributed by atoms with E-state index in [9.17, 15) is 13.9 Å². The second-order valence-electron chi connectivity index (χ2n) is 4.60. The third-order valence-corrected chi connectivity index (χ3v) is 2.95. The molecule has 18 heavy (non-hydrogen) atoms. The quantitative estimate of drug-likeness (QED) is 0.811. The monoisotopic (exact) mass is 257 g/mol. The Bertz CT molecular complexity index is 349. The maximum atomic E-state index is 13.0. The molecule has 1 aromatic carbocycles. The van der Waals surface area contributed by atoms with Gasteiger partial charge in [-0.2, -0.15) is 0 Å². The summed E-state index contributed by atoms with van der Waals surface area (Å²) in [4.78, 5) is 2.16. The number of likely N-dealkylation sites (N-methyl/N-ethyl adjacent to an activating group) is 1. The minimum Gasteiger partial charge on any atom is -0.393 e. The molecule has 0 spiro atoms. The minimum absolute atomic E-state index is 0.314. The maximum Gasteiger partial charge on any atom is 0.126 e. The fourth-order valence-corrected chi connectivity index (χ4v) is 1.84. The van der Waals surface area contributed by atoms with E-state index in [1.54, 1.807) is 6.92 Å². The van der Waals surface area contributed by atoms with Crippen molar-refractivity contribution in [2.75, 3.05) is 19.6 Å². The van der Waals surface area contributed by atoms with E-state index in [2.05, 4.69) is 4.90 Å². The molecule has 4 heteroatoms. The van der Waals surface area contributed by atoms with Gasteiger partial charge in [0, 0.05) is 19.2 Å². The number of aliphatic hydroxyl groups is 1. The van der Waals surface area contributed by atoms with Crippen molar-refractivity contribution in [1.29, 1.82) is 0 Å². The smallest absolute Gasteiger partial charge is 0.126 e. The first-order valence-electron chi connectivity index (χ1n) is 6.36. The standard InChI is InChI=1S/C14H21F2NO/c1-3-17(6-4-11(2)18)7-5-12-8-13(15)10-14(16)9-12/h8-11,18H,3-7H2,1-2H3.